The minimum Gasteiger partial charge on any atom is -0.489 e. The molecule has 0 atom stereocenters. The molecule has 0 bridgehead atoms. The van der Waals surface area contributed by atoms with Gasteiger partial charge in [-0.05, 0) is 61.9 Å². The van der Waals surface area contributed by atoms with Gasteiger partial charge in [-0.1, -0.05) is 29.8 Å². The molecule has 170 valence electrons. The number of sulfonamides is 1. The maximum Gasteiger partial charge on any atom is 0.416 e. The lowest BCUT2D eigenvalue weighted by molar-refractivity contribution is -0.137. The van der Waals surface area contributed by atoms with E-state index in [4.69, 9.17) is 16.3 Å². The van der Waals surface area contributed by atoms with Crippen molar-refractivity contribution < 1.29 is 26.3 Å². The van der Waals surface area contributed by atoms with Crippen LogP contribution < -0.4 is 9.04 Å². The van der Waals surface area contributed by atoms with Gasteiger partial charge in [0, 0.05) is 23.2 Å². The lowest BCUT2D eigenvalue weighted by Crippen LogP contribution is -2.30. The van der Waals surface area contributed by atoms with Crippen molar-refractivity contribution >= 4 is 27.3 Å². The molecule has 0 aliphatic carbocycles. The number of benzene rings is 3. The minimum absolute atomic E-state index is 0.145. The molecule has 0 aromatic heterocycles. The summed E-state index contributed by atoms with van der Waals surface area (Å²) in [7, 11) is -3.81. The smallest absolute Gasteiger partial charge is 0.416 e. The molecule has 32 heavy (non-hydrogen) atoms. The third-order valence-corrected chi connectivity index (χ3v) is 7.01. The van der Waals surface area contributed by atoms with Crippen molar-refractivity contribution in [3.63, 3.8) is 0 Å². The van der Waals surface area contributed by atoms with E-state index in [1.807, 2.05) is 13.0 Å². The first kappa shape index (κ1) is 23.9. The molecule has 3 rings (SSSR count). The number of halogens is 4. The van der Waals surface area contributed by atoms with E-state index in [1.54, 1.807) is 37.3 Å². The van der Waals surface area contributed by atoms with Crippen LogP contribution in [0, 0.1) is 6.92 Å². The van der Waals surface area contributed by atoms with E-state index in [-0.39, 0.29) is 28.6 Å². The molecule has 0 aliphatic rings. The Morgan fingerprint density at radius 2 is 1.72 bits per heavy atom. The molecule has 0 N–H and O–H groups in total. The average molecular weight is 484 g/mol. The lowest BCUT2D eigenvalue weighted by Gasteiger charge is -2.23. The van der Waals surface area contributed by atoms with Crippen LogP contribution >= 0.6 is 11.6 Å². The Bertz CT molecular complexity index is 1210. The predicted molar refractivity (Wildman–Crippen MR) is 119 cm³/mol. The van der Waals surface area contributed by atoms with E-state index in [0.29, 0.717) is 11.4 Å². The summed E-state index contributed by atoms with van der Waals surface area (Å²) in [5.74, 6) is 0.300. The van der Waals surface area contributed by atoms with Gasteiger partial charge < -0.3 is 4.74 Å². The van der Waals surface area contributed by atoms with Gasteiger partial charge >= 0.3 is 6.18 Å². The number of alkyl halides is 3. The largest absolute Gasteiger partial charge is 0.489 e. The Hall–Kier alpha value is -2.71. The summed E-state index contributed by atoms with van der Waals surface area (Å²) in [6.07, 6.45) is -4.50. The predicted octanol–water partition coefficient (Wildman–Crippen LogP) is 6.46. The number of rotatable bonds is 7. The summed E-state index contributed by atoms with van der Waals surface area (Å²) in [5, 5.41) is 0.145. The van der Waals surface area contributed by atoms with E-state index in [9.17, 15) is 21.6 Å². The zero-order valence-corrected chi connectivity index (χ0v) is 18.9. The number of ether oxygens (including phenoxy) is 1. The van der Waals surface area contributed by atoms with Crippen molar-refractivity contribution in [2.24, 2.45) is 0 Å². The first-order valence-electron chi connectivity index (χ1n) is 9.70. The van der Waals surface area contributed by atoms with Crippen LogP contribution in [-0.2, 0) is 22.8 Å². The molecule has 0 saturated heterocycles. The fourth-order valence-electron chi connectivity index (χ4n) is 3.15. The second-order valence-corrected chi connectivity index (χ2v) is 9.35. The van der Waals surface area contributed by atoms with Crippen LogP contribution in [0.1, 0.15) is 23.6 Å². The van der Waals surface area contributed by atoms with Crippen molar-refractivity contribution in [1.82, 2.24) is 0 Å². The van der Waals surface area contributed by atoms with Crippen molar-refractivity contribution in [3.8, 4) is 5.75 Å². The minimum atomic E-state index is -4.50. The molecule has 0 amide bonds. The molecule has 0 saturated carbocycles. The quantitative estimate of drug-likeness (QED) is 0.387. The normalized spacial score (nSPS) is 11.9. The molecule has 9 heteroatoms. The molecule has 0 aliphatic heterocycles. The Balaban J connectivity index is 1.85. The number of nitrogens with zero attached hydrogens (tertiary/aromatic N) is 1. The van der Waals surface area contributed by atoms with Gasteiger partial charge in [0.05, 0.1) is 16.1 Å². The van der Waals surface area contributed by atoms with Crippen LogP contribution in [0.25, 0.3) is 0 Å². The van der Waals surface area contributed by atoms with Crippen LogP contribution in [0.3, 0.4) is 0 Å². The maximum atomic E-state index is 13.1. The van der Waals surface area contributed by atoms with E-state index in [1.165, 1.54) is 22.5 Å². The highest BCUT2D eigenvalue weighted by Crippen LogP contribution is 2.33. The van der Waals surface area contributed by atoms with Gasteiger partial charge in [0.1, 0.15) is 12.4 Å². The Labute approximate surface area is 190 Å². The molecule has 0 fully saturated rings. The van der Waals surface area contributed by atoms with Crippen LogP contribution in [0.15, 0.2) is 71.6 Å². The fourth-order valence-corrected chi connectivity index (χ4v) is 4.89. The average Bonchev–Trinajstić information content (AvgIpc) is 2.73. The van der Waals surface area contributed by atoms with Crippen LogP contribution in [0.4, 0.5) is 18.9 Å². The maximum absolute atomic E-state index is 13.1. The number of hydrogen-bond donors (Lipinski definition) is 0. The third kappa shape index (κ3) is 5.37. The van der Waals surface area contributed by atoms with Gasteiger partial charge in [-0.3, -0.25) is 4.31 Å². The van der Waals surface area contributed by atoms with Gasteiger partial charge in [-0.25, -0.2) is 8.42 Å². The molecule has 0 spiro atoms. The molecule has 3 aromatic carbocycles. The first-order chi connectivity index (χ1) is 15.0. The van der Waals surface area contributed by atoms with Crippen molar-refractivity contribution in [3.05, 3.63) is 88.4 Å². The number of hydrogen-bond acceptors (Lipinski definition) is 3. The van der Waals surface area contributed by atoms with Gasteiger partial charge in [0.15, 0.2) is 0 Å². The monoisotopic (exact) mass is 483 g/mol. The fraction of sp³-hybridized carbons (Fsp3) is 0.217. The molecule has 3 aromatic rings. The summed E-state index contributed by atoms with van der Waals surface area (Å²) in [5.41, 5.74) is 0.543. The second kappa shape index (κ2) is 9.42. The highest BCUT2D eigenvalue weighted by molar-refractivity contribution is 7.92. The van der Waals surface area contributed by atoms with Crippen LogP contribution in [0.2, 0.25) is 5.02 Å². The SMILES string of the molecule is CCN(c1cccc(OCc2cc(C(F)(F)F)ccc2Cl)c1)S(=O)(=O)c1cccc(C)c1. The number of aryl methyl sites for hydroxylation is 1. The van der Waals surface area contributed by atoms with Gasteiger partial charge in [-0.15, -0.1) is 0 Å². The number of anilines is 1. The Kier molecular flexibility index (Phi) is 7.05. The summed E-state index contributed by atoms with van der Waals surface area (Å²) in [6.45, 7) is 3.49. The van der Waals surface area contributed by atoms with Gasteiger partial charge in [-0.2, -0.15) is 13.2 Å². The summed E-state index contributed by atoms with van der Waals surface area (Å²) >= 11 is 6.02. The summed E-state index contributed by atoms with van der Waals surface area (Å²) in [6, 6.07) is 16.0. The molecule has 0 heterocycles. The topological polar surface area (TPSA) is 46.6 Å². The Morgan fingerprint density at radius 1 is 1.00 bits per heavy atom. The molecular weight excluding hydrogens is 463 g/mol. The van der Waals surface area contributed by atoms with Crippen molar-refractivity contribution in [1.29, 1.82) is 0 Å². The molecular formula is C23H21ClF3NO3S. The van der Waals surface area contributed by atoms with Gasteiger partial charge in [0.2, 0.25) is 0 Å². The third-order valence-electron chi connectivity index (χ3n) is 4.74. The summed E-state index contributed by atoms with van der Waals surface area (Å²) in [4.78, 5) is 0.168. The molecule has 4 nitrogen and oxygen atoms in total. The second-order valence-electron chi connectivity index (χ2n) is 7.08. The first-order valence-corrected chi connectivity index (χ1v) is 11.5. The van der Waals surface area contributed by atoms with Crippen LogP contribution in [0.5, 0.6) is 5.75 Å². The van der Waals surface area contributed by atoms with E-state index >= 15 is 0 Å². The Morgan fingerprint density at radius 3 is 2.38 bits per heavy atom. The molecule has 0 unspecified atom stereocenters. The van der Waals surface area contributed by atoms with E-state index < -0.39 is 21.8 Å². The highest BCUT2D eigenvalue weighted by atomic mass is 35.5. The molecule has 0 radical (unpaired) electrons. The van der Waals surface area contributed by atoms with E-state index in [2.05, 4.69) is 0 Å². The highest BCUT2D eigenvalue weighted by Gasteiger charge is 2.31. The lowest BCUT2D eigenvalue weighted by atomic mass is 10.1. The zero-order valence-electron chi connectivity index (χ0n) is 17.4. The van der Waals surface area contributed by atoms with E-state index in [0.717, 1.165) is 17.7 Å². The van der Waals surface area contributed by atoms with Gasteiger partial charge in [0.25, 0.3) is 10.0 Å². The van der Waals surface area contributed by atoms with Crippen molar-refractivity contribution in [2.75, 3.05) is 10.8 Å². The van der Waals surface area contributed by atoms with Crippen LogP contribution in [-0.4, -0.2) is 15.0 Å². The zero-order chi connectivity index (χ0) is 23.5. The standard InChI is InChI=1S/C23H21ClF3NO3S/c1-3-28(32(29,30)21-9-4-6-16(2)12-21)19-7-5-8-20(14-19)31-15-17-13-18(23(25,26)27)10-11-22(17)24/h4-14H,3,15H2,1-2H3. The summed E-state index contributed by atoms with van der Waals surface area (Å²) < 4.78 is 72.1. The van der Waals surface area contributed by atoms with Crippen molar-refractivity contribution in [2.45, 2.75) is 31.5 Å².